The summed E-state index contributed by atoms with van der Waals surface area (Å²) in [7, 11) is 0. The number of hydrogen-bond acceptors (Lipinski definition) is 0. The van der Waals surface area contributed by atoms with Gasteiger partial charge < -0.3 is 4.57 Å². The van der Waals surface area contributed by atoms with E-state index in [1.54, 1.807) is 5.56 Å². The SMILES string of the molecule is CC1(C)[C-]=CC=C1.[Br][Zr+2][Br].c1ccc2[cH-]c(-n3c4c(c5ccccc53)CCC4)cc2c1. The average molecular weight is 615 g/mol. The summed E-state index contributed by atoms with van der Waals surface area (Å²) < 4.78 is 2.48. The standard InChI is InChI=1S/C20H16N.C7H9.2BrH.Zr/c1-2-7-15-13-16(12-14(15)6-1)21-19-10-4-3-8-17(19)18-9-5-11-20(18)21;1-7(2)5-3-4-6-7;;;/h1-4,6-8,10,12-13H,5,9,11H2;3-5H,1-2H3;2*1H;/q2*-1;;;+4/p-2. The summed E-state index contributed by atoms with van der Waals surface area (Å²) in [5.74, 6) is 0. The van der Waals surface area contributed by atoms with Crippen molar-refractivity contribution in [3.63, 3.8) is 0 Å². The van der Waals surface area contributed by atoms with Gasteiger partial charge >= 0.3 is 43.0 Å². The molecule has 0 bridgehead atoms. The molecule has 156 valence electrons. The molecule has 2 aliphatic carbocycles. The van der Waals surface area contributed by atoms with Crippen molar-refractivity contribution in [1.29, 1.82) is 0 Å². The fourth-order valence-electron chi connectivity index (χ4n) is 4.49. The molecule has 0 fully saturated rings. The molecule has 1 aromatic heterocycles. The van der Waals surface area contributed by atoms with Gasteiger partial charge in [0.25, 0.3) is 0 Å². The van der Waals surface area contributed by atoms with Crippen LogP contribution in [-0.2, 0) is 31.4 Å². The van der Waals surface area contributed by atoms with Gasteiger partial charge in [-0.05, 0) is 36.6 Å². The predicted octanol–water partition coefficient (Wildman–Crippen LogP) is 8.62. The molecule has 0 atom stereocenters. The summed E-state index contributed by atoms with van der Waals surface area (Å²) in [6.45, 7) is 4.26. The summed E-state index contributed by atoms with van der Waals surface area (Å²) in [4.78, 5) is 0. The molecule has 0 N–H and O–H groups in total. The van der Waals surface area contributed by atoms with Gasteiger partial charge in [0.2, 0.25) is 0 Å². The van der Waals surface area contributed by atoms with Gasteiger partial charge in [-0.2, -0.15) is 6.08 Å². The third kappa shape index (κ3) is 5.13. The van der Waals surface area contributed by atoms with Gasteiger partial charge in [-0.1, -0.05) is 43.5 Å². The van der Waals surface area contributed by atoms with E-state index in [4.69, 9.17) is 0 Å². The second kappa shape index (κ2) is 10.2. The molecule has 4 heteroatoms. The first-order valence-corrected chi connectivity index (χ1v) is 21.8. The summed E-state index contributed by atoms with van der Waals surface area (Å²) >= 11 is 6.32. The van der Waals surface area contributed by atoms with Crippen molar-refractivity contribution < 1.29 is 18.5 Å². The van der Waals surface area contributed by atoms with Crippen LogP contribution in [0.15, 0.2) is 78.9 Å². The van der Waals surface area contributed by atoms with E-state index in [1.165, 1.54) is 52.3 Å². The van der Waals surface area contributed by atoms with Crippen molar-refractivity contribution >= 4 is 46.1 Å². The third-order valence-electron chi connectivity index (χ3n) is 5.85. The molecule has 0 radical (unpaired) electrons. The van der Waals surface area contributed by atoms with E-state index in [0.29, 0.717) is 0 Å². The number of halogens is 2. The van der Waals surface area contributed by atoms with Crippen LogP contribution in [0.4, 0.5) is 0 Å². The van der Waals surface area contributed by atoms with E-state index in [0.717, 1.165) is 0 Å². The van der Waals surface area contributed by atoms with Gasteiger partial charge in [0.15, 0.2) is 0 Å². The number of rotatable bonds is 1. The van der Waals surface area contributed by atoms with Crippen molar-refractivity contribution in [2.45, 2.75) is 33.1 Å². The van der Waals surface area contributed by atoms with Crippen LogP contribution in [0.2, 0.25) is 0 Å². The van der Waals surface area contributed by atoms with Crippen molar-refractivity contribution in [2.75, 3.05) is 0 Å². The molecular formula is C27H25Br2NZr. The van der Waals surface area contributed by atoms with Gasteiger partial charge in [-0.25, -0.2) is 12.2 Å². The predicted molar refractivity (Wildman–Crippen MR) is 137 cm³/mol. The molecule has 4 aromatic rings. The largest absolute Gasteiger partial charge is 0.332 e. The number of benzene rings is 2. The Hall–Kier alpha value is -1.09. The number of aromatic nitrogens is 1. The Morgan fingerprint density at radius 1 is 1.03 bits per heavy atom. The maximum Gasteiger partial charge on any atom is 0.0516 e. The number of aryl methyl sites for hydroxylation is 1. The molecule has 0 saturated heterocycles. The molecule has 0 saturated carbocycles. The van der Waals surface area contributed by atoms with Crippen LogP contribution in [0.3, 0.4) is 0 Å². The van der Waals surface area contributed by atoms with E-state index in [1.807, 2.05) is 12.2 Å². The Balaban J connectivity index is 0.000000195. The first-order valence-electron chi connectivity index (χ1n) is 10.6. The number of fused-ring (bicyclic) bond motifs is 4. The fraction of sp³-hybridized carbons (Fsp3) is 0.222. The normalized spacial score (nSPS) is 15.2. The van der Waals surface area contributed by atoms with Crippen LogP contribution in [0.5, 0.6) is 0 Å². The van der Waals surface area contributed by atoms with Crippen LogP contribution in [0.1, 0.15) is 31.5 Å². The molecule has 0 spiro atoms. The van der Waals surface area contributed by atoms with Crippen LogP contribution in [-0.4, -0.2) is 4.57 Å². The first-order chi connectivity index (χ1) is 15.0. The van der Waals surface area contributed by atoms with Gasteiger partial charge in [0, 0.05) is 11.1 Å². The van der Waals surface area contributed by atoms with Crippen molar-refractivity contribution in [3.8, 4) is 5.69 Å². The smallest absolute Gasteiger partial charge is 0.0516 e. The molecule has 1 heterocycles. The Morgan fingerprint density at radius 2 is 1.77 bits per heavy atom. The Bertz CT molecular complexity index is 1200. The maximum atomic E-state index is 3.23. The quantitative estimate of drug-likeness (QED) is 0.189. The molecule has 0 aliphatic heterocycles. The zero-order valence-corrected chi connectivity index (χ0v) is 23.5. The molecule has 6 rings (SSSR count). The monoisotopic (exact) mass is 611 g/mol. The van der Waals surface area contributed by atoms with Crippen molar-refractivity contribution in [3.05, 3.63) is 96.2 Å². The van der Waals surface area contributed by atoms with Gasteiger partial charge in [0.1, 0.15) is 0 Å². The summed E-state index contributed by atoms with van der Waals surface area (Å²) in [6, 6.07) is 22.1. The number of hydrogen-bond donors (Lipinski definition) is 0. The van der Waals surface area contributed by atoms with Crippen LogP contribution in [0, 0.1) is 11.5 Å². The summed E-state index contributed by atoms with van der Waals surface area (Å²) in [5, 5.41) is 4.10. The topological polar surface area (TPSA) is 4.93 Å². The second-order valence-electron chi connectivity index (χ2n) is 8.44. The molecule has 0 unspecified atom stereocenters. The molecule has 3 aromatic carbocycles. The van der Waals surface area contributed by atoms with Crippen LogP contribution < -0.4 is 0 Å². The third-order valence-corrected chi connectivity index (χ3v) is 5.85. The van der Waals surface area contributed by atoms with Crippen LogP contribution in [0.25, 0.3) is 27.4 Å². The summed E-state index contributed by atoms with van der Waals surface area (Å²) in [5.41, 5.74) is 5.97. The van der Waals surface area contributed by atoms with E-state index < -0.39 is 0 Å². The van der Waals surface area contributed by atoms with Crippen molar-refractivity contribution in [2.24, 2.45) is 5.41 Å². The number of nitrogens with zero attached hydrogens (tertiary/aromatic N) is 1. The molecular weight excluding hydrogens is 589 g/mol. The number of allylic oxidation sites excluding steroid dienone is 4. The minimum absolute atomic E-state index is 0.145. The Kier molecular flexibility index (Phi) is 7.62. The molecule has 0 amide bonds. The molecule has 2 aliphatic rings. The Labute approximate surface area is 208 Å². The second-order valence-corrected chi connectivity index (χ2v) is 19.8. The minimum atomic E-state index is -0.145. The Morgan fingerprint density at radius 3 is 2.45 bits per heavy atom. The fourth-order valence-corrected chi connectivity index (χ4v) is 4.49. The zero-order valence-electron chi connectivity index (χ0n) is 17.8. The van der Waals surface area contributed by atoms with Crippen LogP contribution >= 0.6 is 24.4 Å². The zero-order chi connectivity index (χ0) is 21.8. The van der Waals surface area contributed by atoms with E-state index in [-0.39, 0.29) is 24.0 Å². The number of para-hydroxylation sites is 1. The molecule has 1 nitrogen and oxygen atoms in total. The van der Waals surface area contributed by atoms with Gasteiger partial charge in [0.05, 0.1) is 5.52 Å². The van der Waals surface area contributed by atoms with E-state index in [2.05, 4.69) is 116 Å². The minimum Gasteiger partial charge on any atom is -0.332 e. The molecule has 31 heavy (non-hydrogen) atoms. The summed E-state index contributed by atoms with van der Waals surface area (Å²) in [6.07, 6.45) is 13.0. The van der Waals surface area contributed by atoms with Gasteiger partial charge in [-0.15, -0.1) is 41.1 Å². The van der Waals surface area contributed by atoms with E-state index in [9.17, 15) is 0 Å². The van der Waals surface area contributed by atoms with E-state index >= 15 is 0 Å². The first kappa shape index (κ1) is 23.1. The van der Waals surface area contributed by atoms with Crippen molar-refractivity contribution in [1.82, 2.24) is 4.57 Å². The average Bonchev–Trinajstić information content (AvgIpc) is 3.51. The van der Waals surface area contributed by atoms with Gasteiger partial charge in [-0.3, -0.25) is 6.08 Å². The maximum absolute atomic E-state index is 3.23.